The van der Waals surface area contributed by atoms with Gasteiger partial charge in [-0.15, -0.1) is 11.6 Å². The van der Waals surface area contributed by atoms with Gasteiger partial charge >= 0.3 is 51.4 Å². The second kappa shape index (κ2) is 4.35. The van der Waals surface area contributed by atoms with Crippen LogP contribution in [-0.2, 0) is 0 Å². The predicted molar refractivity (Wildman–Crippen MR) is 40.1 cm³/mol. The molecular formula is C8H7ClKN. The summed E-state index contributed by atoms with van der Waals surface area (Å²) >= 11 is 5.84. The topological polar surface area (TPSA) is 12.9 Å². The molecule has 1 aliphatic rings. The smallest absolute Gasteiger partial charge is 0.386 e. The largest absolute Gasteiger partial charge is 1.00 e. The molecule has 0 bridgehead atoms. The molecule has 0 aliphatic heterocycles. The third-order valence-electron chi connectivity index (χ3n) is 1.69. The van der Waals surface area contributed by atoms with Gasteiger partial charge in [0.05, 0.1) is 0 Å². The Morgan fingerprint density at radius 2 is 2.27 bits per heavy atom. The molecule has 0 N–H and O–H groups in total. The van der Waals surface area contributed by atoms with Crippen LogP contribution in [0.5, 0.6) is 0 Å². The molecule has 1 aromatic heterocycles. The van der Waals surface area contributed by atoms with Gasteiger partial charge in [-0.25, -0.2) is 0 Å². The first-order valence-corrected chi connectivity index (χ1v) is 3.78. The molecule has 1 heterocycles. The molecule has 1 nitrogen and oxygen atoms in total. The van der Waals surface area contributed by atoms with Gasteiger partial charge in [0.1, 0.15) is 0 Å². The summed E-state index contributed by atoms with van der Waals surface area (Å²) in [6.45, 7) is 0. The second-order valence-corrected chi connectivity index (χ2v) is 2.94. The average Bonchev–Trinajstić information content (AvgIpc) is 2.71. The standard InChI is InChI=1S/C8H7ClN.K/c9-7-2-1-5-10-8(7)6-3-4-6;/h1,5-6H,3-4H2;/q-1;+1. The zero-order valence-corrected chi connectivity index (χ0v) is 10.4. The minimum absolute atomic E-state index is 0. The maximum absolute atomic E-state index is 5.84. The Kier molecular flexibility index (Phi) is 4.02. The summed E-state index contributed by atoms with van der Waals surface area (Å²) in [7, 11) is 0. The summed E-state index contributed by atoms with van der Waals surface area (Å²) in [5.41, 5.74) is 1.03. The van der Waals surface area contributed by atoms with Gasteiger partial charge in [-0.2, -0.15) is 12.1 Å². The number of halogens is 1. The van der Waals surface area contributed by atoms with Crippen molar-refractivity contribution in [2.45, 2.75) is 18.8 Å². The van der Waals surface area contributed by atoms with Crippen molar-refractivity contribution in [3.05, 3.63) is 29.0 Å². The molecule has 11 heavy (non-hydrogen) atoms. The molecule has 0 saturated heterocycles. The first-order chi connectivity index (χ1) is 4.88. The van der Waals surface area contributed by atoms with Gasteiger partial charge in [0.15, 0.2) is 0 Å². The van der Waals surface area contributed by atoms with Crippen molar-refractivity contribution in [1.82, 2.24) is 4.98 Å². The Bertz CT molecular complexity index is 248. The van der Waals surface area contributed by atoms with E-state index in [2.05, 4.69) is 11.1 Å². The Labute approximate surface area is 114 Å². The van der Waals surface area contributed by atoms with Crippen molar-refractivity contribution in [2.24, 2.45) is 0 Å². The van der Waals surface area contributed by atoms with Crippen molar-refractivity contribution in [1.29, 1.82) is 0 Å². The molecule has 0 radical (unpaired) electrons. The SMILES string of the molecule is Clc1[c-]ccnc1C1CC1.[K+]. The van der Waals surface area contributed by atoms with E-state index in [0.717, 1.165) is 5.69 Å². The fourth-order valence-corrected chi connectivity index (χ4v) is 1.27. The summed E-state index contributed by atoms with van der Waals surface area (Å²) in [4.78, 5) is 4.18. The molecule has 0 atom stereocenters. The van der Waals surface area contributed by atoms with Gasteiger partial charge in [0, 0.05) is 0 Å². The number of hydrogen-bond acceptors (Lipinski definition) is 1. The number of aromatic nitrogens is 1. The van der Waals surface area contributed by atoms with Crippen LogP contribution in [0.4, 0.5) is 0 Å². The third-order valence-corrected chi connectivity index (χ3v) is 1.99. The predicted octanol–water partition coefficient (Wildman–Crippen LogP) is -0.583. The molecule has 52 valence electrons. The Hall–Kier alpha value is 1.08. The summed E-state index contributed by atoms with van der Waals surface area (Å²) in [6, 6.07) is 4.67. The van der Waals surface area contributed by atoms with Gasteiger partial charge < -0.3 is 4.98 Å². The number of pyridine rings is 1. The van der Waals surface area contributed by atoms with E-state index in [0.29, 0.717) is 10.9 Å². The molecular weight excluding hydrogens is 185 g/mol. The number of nitrogens with zero attached hydrogens (tertiary/aromatic N) is 1. The fraction of sp³-hybridized carbons (Fsp3) is 0.375. The van der Waals surface area contributed by atoms with E-state index >= 15 is 0 Å². The quantitative estimate of drug-likeness (QED) is 0.428. The molecule has 1 aliphatic carbocycles. The Balaban J connectivity index is 0.000000605. The van der Waals surface area contributed by atoms with E-state index in [-0.39, 0.29) is 51.4 Å². The molecule has 3 heteroatoms. The van der Waals surface area contributed by atoms with E-state index in [1.54, 1.807) is 12.3 Å². The molecule has 1 saturated carbocycles. The fourth-order valence-electron chi connectivity index (χ4n) is 1.00. The average molecular weight is 192 g/mol. The van der Waals surface area contributed by atoms with Crippen LogP contribution in [0.15, 0.2) is 12.3 Å². The molecule has 2 rings (SSSR count). The molecule has 1 fully saturated rings. The van der Waals surface area contributed by atoms with E-state index < -0.39 is 0 Å². The molecule has 0 amide bonds. The molecule has 0 spiro atoms. The summed E-state index contributed by atoms with van der Waals surface area (Å²) in [5, 5.41) is 0.699. The van der Waals surface area contributed by atoms with Gasteiger partial charge in [-0.1, -0.05) is 29.8 Å². The first-order valence-electron chi connectivity index (χ1n) is 3.40. The van der Waals surface area contributed by atoms with Crippen LogP contribution in [0.2, 0.25) is 5.02 Å². The van der Waals surface area contributed by atoms with Crippen LogP contribution in [0.1, 0.15) is 24.5 Å². The summed E-state index contributed by atoms with van der Waals surface area (Å²) < 4.78 is 0. The maximum atomic E-state index is 5.84. The number of rotatable bonds is 1. The second-order valence-electron chi connectivity index (χ2n) is 2.56. The normalized spacial score (nSPS) is 15.7. The zero-order chi connectivity index (χ0) is 6.97. The van der Waals surface area contributed by atoms with Crippen molar-refractivity contribution < 1.29 is 51.4 Å². The molecule has 0 aromatic carbocycles. The molecule has 0 unspecified atom stereocenters. The summed E-state index contributed by atoms with van der Waals surface area (Å²) in [6.07, 6.45) is 4.23. The van der Waals surface area contributed by atoms with E-state index in [1.165, 1.54) is 12.8 Å². The minimum atomic E-state index is 0. The van der Waals surface area contributed by atoms with Crippen LogP contribution in [0.3, 0.4) is 0 Å². The van der Waals surface area contributed by atoms with Gasteiger partial charge in [0.25, 0.3) is 0 Å². The zero-order valence-electron chi connectivity index (χ0n) is 6.47. The first kappa shape index (κ1) is 10.2. The van der Waals surface area contributed by atoms with E-state index in [4.69, 9.17) is 11.6 Å². The van der Waals surface area contributed by atoms with Crippen LogP contribution in [0, 0.1) is 6.07 Å². The van der Waals surface area contributed by atoms with Crippen LogP contribution in [-0.4, -0.2) is 4.98 Å². The van der Waals surface area contributed by atoms with Crippen molar-refractivity contribution in [3.8, 4) is 0 Å². The monoisotopic (exact) mass is 191 g/mol. The molecule has 1 aromatic rings. The maximum Gasteiger partial charge on any atom is 1.00 e. The minimum Gasteiger partial charge on any atom is -0.386 e. The van der Waals surface area contributed by atoms with Crippen molar-refractivity contribution in [2.75, 3.05) is 0 Å². The van der Waals surface area contributed by atoms with Crippen LogP contribution >= 0.6 is 11.6 Å². The summed E-state index contributed by atoms with van der Waals surface area (Å²) in [5.74, 6) is 0.630. The van der Waals surface area contributed by atoms with Gasteiger partial charge in [0.2, 0.25) is 0 Å². The van der Waals surface area contributed by atoms with Crippen molar-refractivity contribution >= 4 is 11.6 Å². The van der Waals surface area contributed by atoms with Crippen molar-refractivity contribution in [3.63, 3.8) is 0 Å². The van der Waals surface area contributed by atoms with Gasteiger partial charge in [-0.3, -0.25) is 0 Å². The van der Waals surface area contributed by atoms with E-state index in [9.17, 15) is 0 Å². The van der Waals surface area contributed by atoms with Gasteiger partial charge in [-0.05, 0) is 5.92 Å². The van der Waals surface area contributed by atoms with E-state index in [1.807, 2.05) is 0 Å². The van der Waals surface area contributed by atoms with Crippen LogP contribution < -0.4 is 51.4 Å². The third kappa shape index (κ3) is 2.51. The van der Waals surface area contributed by atoms with Crippen LogP contribution in [0.25, 0.3) is 0 Å². The Morgan fingerprint density at radius 3 is 2.82 bits per heavy atom. The number of hydrogen-bond donors (Lipinski definition) is 0. The Morgan fingerprint density at radius 1 is 1.55 bits per heavy atom.